The first-order chi connectivity index (χ1) is 14.7. The summed E-state index contributed by atoms with van der Waals surface area (Å²) in [5.74, 6) is -5.62. The molecule has 3 aromatic rings. The molecular weight excluding hydrogens is 415 g/mol. The predicted octanol–water partition coefficient (Wildman–Crippen LogP) is 2.61. The average molecular weight is 433 g/mol. The average Bonchev–Trinajstić information content (AvgIpc) is 2.71. The summed E-state index contributed by atoms with van der Waals surface area (Å²) < 4.78 is 44.1. The molecule has 1 unspecified atom stereocenters. The van der Waals surface area contributed by atoms with Gasteiger partial charge in [0, 0.05) is 37.9 Å². The molecule has 4 rings (SSSR count). The van der Waals surface area contributed by atoms with Gasteiger partial charge in [0.2, 0.25) is 5.43 Å². The van der Waals surface area contributed by atoms with Gasteiger partial charge in [0.15, 0.2) is 11.6 Å². The maximum absolute atomic E-state index is 15.1. The number of anilines is 1. The van der Waals surface area contributed by atoms with Crippen molar-refractivity contribution in [2.75, 3.05) is 24.5 Å². The highest BCUT2D eigenvalue weighted by atomic mass is 19.1. The number of aromatic nitrogens is 1. The number of carboxylic acids is 1. The lowest BCUT2D eigenvalue weighted by Gasteiger charge is -2.34. The number of rotatable bonds is 3. The molecule has 7 nitrogen and oxygen atoms in total. The molecule has 1 fully saturated rings. The molecule has 1 aliphatic rings. The summed E-state index contributed by atoms with van der Waals surface area (Å²) in [5, 5.41) is 22.5. The Bertz CT molecular complexity index is 1280. The molecule has 2 aromatic carbocycles. The van der Waals surface area contributed by atoms with Crippen molar-refractivity contribution < 1.29 is 28.2 Å². The van der Waals surface area contributed by atoms with E-state index in [2.05, 4.69) is 5.32 Å². The van der Waals surface area contributed by atoms with E-state index in [4.69, 9.17) is 0 Å². The number of carbonyl (C=O) groups is 1. The van der Waals surface area contributed by atoms with E-state index in [1.54, 1.807) is 4.90 Å². The maximum atomic E-state index is 15.1. The van der Waals surface area contributed by atoms with Crippen LogP contribution in [-0.2, 0) is 0 Å². The summed E-state index contributed by atoms with van der Waals surface area (Å²) in [6.45, 7) is 3.27. The summed E-state index contributed by atoms with van der Waals surface area (Å²) in [6.07, 6.45) is 0.880. The predicted molar refractivity (Wildman–Crippen MR) is 108 cm³/mol. The molecule has 162 valence electrons. The number of carboxylic acid groups (broad SMARTS) is 1. The van der Waals surface area contributed by atoms with Crippen molar-refractivity contribution in [3.8, 4) is 11.4 Å². The van der Waals surface area contributed by atoms with Crippen LogP contribution in [0.15, 0.2) is 35.3 Å². The van der Waals surface area contributed by atoms with Crippen LogP contribution in [0.5, 0.6) is 5.75 Å². The van der Waals surface area contributed by atoms with E-state index < -0.39 is 45.5 Å². The van der Waals surface area contributed by atoms with Crippen LogP contribution in [0.2, 0.25) is 0 Å². The molecule has 1 atom stereocenters. The van der Waals surface area contributed by atoms with Crippen molar-refractivity contribution in [2.45, 2.75) is 13.0 Å². The number of piperazine rings is 1. The van der Waals surface area contributed by atoms with Crippen LogP contribution in [0.4, 0.5) is 18.9 Å². The summed E-state index contributed by atoms with van der Waals surface area (Å²) >= 11 is 0. The lowest BCUT2D eigenvalue weighted by atomic mass is 10.1. The zero-order chi connectivity index (χ0) is 22.4. The summed E-state index contributed by atoms with van der Waals surface area (Å²) in [6, 6.07) is 3.91. The molecule has 0 aliphatic carbocycles. The lowest BCUT2D eigenvalue weighted by Crippen LogP contribution is -2.49. The van der Waals surface area contributed by atoms with Gasteiger partial charge in [-0.2, -0.15) is 0 Å². The van der Waals surface area contributed by atoms with Crippen molar-refractivity contribution in [3.63, 3.8) is 0 Å². The number of aromatic carboxylic acids is 1. The molecule has 0 spiro atoms. The van der Waals surface area contributed by atoms with E-state index in [-0.39, 0.29) is 22.9 Å². The first-order valence-electron chi connectivity index (χ1n) is 9.47. The quantitative estimate of drug-likeness (QED) is 0.588. The standard InChI is InChI=1S/C21H18F3N3O4/c1-10-8-26(5-4-25-10)16-7-15-17(20(29)18(16)24)19(28)12(21(30)31)9-27(15)14-3-2-11(22)6-13(14)23/h2-3,6-7,9-10,25,29H,4-5,8H2,1H3,(H,30,31). The molecule has 1 saturated heterocycles. The van der Waals surface area contributed by atoms with E-state index in [0.717, 1.165) is 22.9 Å². The van der Waals surface area contributed by atoms with Crippen LogP contribution in [0, 0.1) is 17.5 Å². The molecule has 0 saturated carbocycles. The zero-order valence-corrected chi connectivity index (χ0v) is 16.3. The largest absolute Gasteiger partial charge is 0.504 e. The second-order valence-electron chi connectivity index (χ2n) is 7.40. The van der Waals surface area contributed by atoms with Crippen molar-refractivity contribution in [3.05, 3.63) is 63.7 Å². The molecule has 1 aromatic heterocycles. The topological polar surface area (TPSA) is 94.8 Å². The Morgan fingerprint density at radius 2 is 1.94 bits per heavy atom. The number of halogens is 3. The minimum atomic E-state index is -1.64. The van der Waals surface area contributed by atoms with Gasteiger partial charge in [0.25, 0.3) is 0 Å². The van der Waals surface area contributed by atoms with Crippen LogP contribution in [-0.4, -0.2) is 46.4 Å². The fourth-order valence-corrected chi connectivity index (χ4v) is 3.83. The molecular formula is C21H18F3N3O4. The smallest absolute Gasteiger partial charge is 0.341 e. The van der Waals surface area contributed by atoms with Crippen LogP contribution >= 0.6 is 0 Å². The van der Waals surface area contributed by atoms with Crippen molar-refractivity contribution in [1.29, 1.82) is 0 Å². The van der Waals surface area contributed by atoms with Gasteiger partial charge < -0.3 is 25.0 Å². The van der Waals surface area contributed by atoms with Gasteiger partial charge in [-0.3, -0.25) is 4.79 Å². The van der Waals surface area contributed by atoms with Crippen molar-refractivity contribution in [2.24, 2.45) is 0 Å². The van der Waals surface area contributed by atoms with Gasteiger partial charge in [-0.25, -0.2) is 18.0 Å². The zero-order valence-electron chi connectivity index (χ0n) is 16.3. The summed E-state index contributed by atoms with van der Waals surface area (Å²) in [4.78, 5) is 25.9. The van der Waals surface area contributed by atoms with Gasteiger partial charge in [-0.15, -0.1) is 0 Å². The van der Waals surface area contributed by atoms with Crippen LogP contribution in [0.25, 0.3) is 16.6 Å². The van der Waals surface area contributed by atoms with Crippen LogP contribution in [0.1, 0.15) is 17.3 Å². The Morgan fingerprint density at radius 1 is 1.19 bits per heavy atom. The number of phenols is 1. The second-order valence-corrected chi connectivity index (χ2v) is 7.40. The van der Waals surface area contributed by atoms with Gasteiger partial charge in [-0.05, 0) is 25.1 Å². The number of benzene rings is 2. The number of nitrogens with one attached hydrogen (secondary N) is 1. The summed E-state index contributed by atoms with van der Waals surface area (Å²) in [7, 11) is 0. The van der Waals surface area contributed by atoms with Gasteiger partial charge >= 0.3 is 5.97 Å². The molecule has 0 bridgehead atoms. The van der Waals surface area contributed by atoms with E-state index in [0.29, 0.717) is 25.7 Å². The van der Waals surface area contributed by atoms with Gasteiger partial charge in [0.1, 0.15) is 17.2 Å². The second kappa shape index (κ2) is 7.62. The molecule has 31 heavy (non-hydrogen) atoms. The monoisotopic (exact) mass is 433 g/mol. The van der Waals surface area contributed by atoms with E-state index in [9.17, 15) is 28.6 Å². The third-order valence-electron chi connectivity index (χ3n) is 5.30. The van der Waals surface area contributed by atoms with Crippen LogP contribution < -0.4 is 15.6 Å². The fourth-order valence-electron chi connectivity index (χ4n) is 3.83. The van der Waals surface area contributed by atoms with E-state index in [1.165, 1.54) is 6.07 Å². The van der Waals surface area contributed by atoms with E-state index >= 15 is 4.39 Å². The summed E-state index contributed by atoms with van der Waals surface area (Å²) in [5.41, 5.74) is -2.30. The number of pyridine rings is 1. The highest BCUT2D eigenvalue weighted by Crippen LogP contribution is 2.35. The molecule has 0 radical (unpaired) electrons. The SMILES string of the molecule is CC1CN(c2cc3c(c(O)c2F)c(=O)c(C(=O)O)cn3-c2ccc(F)cc2F)CCN1. The fraction of sp³-hybridized carbons (Fsp3) is 0.238. The Labute approximate surface area is 174 Å². The molecule has 2 heterocycles. The number of hydrogen-bond donors (Lipinski definition) is 3. The Morgan fingerprint density at radius 3 is 2.58 bits per heavy atom. The number of nitrogens with zero attached hydrogens (tertiary/aromatic N) is 2. The molecule has 3 N–H and O–H groups in total. The first kappa shape index (κ1) is 20.7. The minimum absolute atomic E-state index is 0.0166. The first-order valence-corrected chi connectivity index (χ1v) is 9.47. The van der Waals surface area contributed by atoms with E-state index in [1.807, 2.05) is 6.92 Å². The number of phenolic OH excluding ortho intramolecular Hbond substituents is 1. The third kappa shape index (κ3) is 3.48. The van der Waals surface area contributed by atoms with Gasteiger partial charge in [0.05, 0.1) is 22.3 Å². The highest BCUT2D eigenvalue weighted by Gasteiger charge is 2.26. The highest BCUT2D eigenvalue weighted by molar-refractivity contribution is 5.97. The van der Waals surface area contributed by atoms with Gasteiger partial charge in [-0.1, -0.05) is 0 Å². The maximum Gasteiger partial charge on any atom is 0.341 e. The molecule has 0 amide bonds. The number of aromatic hydroxyl groups is 1. The minimum Gasteiger partial charge on any atom is -0.504 e. The number of fused-ring (bicyclic) bond motifs is 1. The normalized spacial score (nSPS) is 16.6. The lowest BCUT2D eigenvalue weighted by molar-refractivity contribution is 0.0695. The third-order valence-corrected chi connectivity index (χ3v) is 5.30. The Kier molecular flexibility index (Phi) is 5.10. The molecule has 10 heteroatoms. The molecule has 1 aliphatic heterocycles. The number of hydrogen-bond acceptors (Lipinski definition) is 5. The van der Waals surface area contributed by atoms with Crippen molar-refractivity contribution in [1.82, 2.24) is 9.88 Å². The van der Waals surface area contributed by atoms with Crippen molar-refractivity contribution >= 4 is 22.6 Å². The van der Waals surface area contributed by atoms with Crippen LogP contribution in [0.3, 0.4) is 0 Å². The Hall–Kier alpha value is -3.53. The Balaban J connectivity index is 2.09.